The van der Waals surface area contributed by atoms with Crippen LogP contribution in [0.2, 0.25) is 0 Å². The fraction of sp³-hybridized carbons (Fsp3) is 1.00. The van der Waals surface area contributed by atoms with E-state index in [0.717, 1.165) is 18.4 Å². The van der Waals surface area contributed by atoms with Gasteiger partial charge in [0, 0.05) is 18.4 Å². The van der Waals surface area contributed by atoms with Crippen LogP contribution in [0.25, 0.3) is 0 Å². The number of halogens is 1. The SMILES string of the molecule is CC1(CBr)COCCOCCNCCOCCO1. The number of rotatable bonds is 1. The van der Waals surface area contributed by atoms with Crippen LogP contribution >= 0.6 is 15.9 Å². The third-order valence-electron chi connectivity index (χ3n) is 2.59. The molecule has 0 aromatic carbocycles. The molecule has 0 aromatic rings. The number of nitrogens with one attached hydrogen (secondary N) is 1. The summed E-state index contributed by atoms with van der Waals surface area (Å²) in [6.07, 6.45) is 0. The van der Waals surface area contributed by atoms with Crippen LogP contribution in [-0.4, -0.2) is 70.3 Å². The number of hydrogen-bond acceptors (Lipinski definition) is 5. The summed E-state index contributed by atoms with van der Waals surface area (Å²) < 4.78 is 22.3. The zero-order valence-corrected chi connectivity index (χ0v) is 12.7. The van der Waals surface area contributed by atoms with E-state index in [2.05, 4.69) is 21.2 Å². The first-order valence-electron chi connectivity index (χ1n) is 6.41. The van der Waals surface area contributed by atoms with Gasteiger partial charge in [0.1, 0.15) is 0 Å². The average molecular weight is 326 g/mol. The molecule has 0 aromatic heterocycles. The second-order valence-corrected chi connectivity index (χ2v) is 5.02. The van der Waals surface area contributed by atoms with Crippen molar-refractivity contribution in [3.05, 3.63) is 0 Å². The molecule has 0 radical (unpaired) electrons. The Bertz CT molecular complexity index is 191. The summed E-state index contributed by atoms with van der Waals surface area (Å²) in [6, 6.07) is 0. The number of hydrogen-bond donors (Lipinski definition) is 1. The Labute approximate surface area is 118 Å². The quantitative estimate of drug-likeness (QED) is 0.723. The fourth-order valence-corrected chi connectivity index (χ4v) is 1.81. The summed E-state index contributed by atoms with van der Waals surface area (Å²) in [7, 11) is 0. The maximum atomic E-state index is 5.80. The molecule has 0 spiro atoms. The van der Waals surface area contributed by atoms with Gasteiger partial charge in [0.2, 0.25) is 0 Å². The largest absolute Gasteiger partial charge is 0.378 e. The molecule has 1 heterocycles. The molecular formula is C12H24BrNO4. The lowest BCUT2D eigenvalue weighted by molar-refractivity contribution is -0.0903. The fourth-order valence-electron chi connectivity index (χ4n) is 1.49. The first-order valence-corrected chi connectivity index (χ1v) is 7.53. The number of ether oxygens (including phenoxy) is 4. The monoisotopic (exact) mass is 325 g/mol. The summed E-state index contributed by atoms with van der Waals surface area (Å²) in [4.78, 5) is 0. The van der Waals surface area contributed by atoms with Gasteiger partial charge in [-0.1, -0.05) is 15.9 Å². The molecule has 1 atom stereocenters. The molecule has 108 valence electrons. The van der Waals surface area contributed by atoms with Crippen LogP contribution in [-0.2, 0) is 18.9 Å². The van der Waals surface area contributed by atoms with Gasteiger partial charge in [-0.3, -0.25) is 0 Å². The first kappa shape index (κ1) is 16.3. The van der Waals surface area contributed by atoms with Crippen LogP contribution in [0.4, 0.5) is 0 Å². The summed E-state index contributed by atoms with van der Waals surface area (Å²) in [5.41, 5.74) is -0.304. The van der Waals surface area contributed by atoms with Gasteiger partial charge in [-0.2, -0.15) is 0 Å². The minimum Gasteiger partial charge on any atom is -0.378 e. The lowest BCUT2D eigenvalue weighted by Gasteiger charge is -2.27. The molecule has 5 nitrogen and oxygen atoms in total. The van der Waals surface area contributed by atoms with Crippen LogP contribution in [0.3, 0.4) is 0 Å². The first-order chi connectivity index (χ1) is 8.77. The Morgan fingerprint density at radius 1 is 0.944 bits per heavy atom. The van der Waals surface area contributed by atoms with Gasteiger partial charge in [0.25, 0.3) is 0 Å². The van der Waals surface area contributed by atoms with Gasteiger partial charge in [0.15, 0.2) is 0 Å². The van der Waals surface area contributed by atoms with E-state index in [-0.39, 0.29) is 5.60 Å². The second kappa shape index (κ2) is 10.1. The molecule has 18 heavy (non-hydrogen) atoms. The van der Waals surface area contributed by atoms with E-state index >= 15 is 0 Å². The molecule has 0 aliphatic carbocycles. The van der Waals surface area contributed by atoms with Crippen LogP contribution < -0.4 is 5.32 Å². The average Bonchev–Trinajstić information content (AvgIpc) is 2.39. The van der Waals surface area contributed by atoms with Crippen molar-refractivity contribution >= 4 is 15.9 Å². The van der Waals surface area contributed by atoms with Crippen molar-refractivity contribution in [3.63, 3.8) is 0 Å². The van der Waals surface area contributed by atoms with E-state index in [9.17, 15) is 0 Å². The van der Waals surface area contributed by atoms with Crippen molar-refractivity contribution < 1.29 is 18.9 Å². The predicted molar refractivity (Wildman–Crippen MR) is 73.5 cm³/mol. The summed E-state index contributed by atoms with van der Waals surface area (Å²) in [5.74, 6) is 0. The lowest BCUT2D eigenvalue weighted by atomic mass is 10.1. The Kier molecular flexibility index (Phi) is 9.18. The molecule has 0 saturated carbocycles. The van der Waals surface area contributed by atoms with E-state index < -0.39 is 0 Å². The van der Waals surface area contributed by atoms with E-state index in [1.807, 2.05) is 6.92 Å². The highest BCUT2D eigenvalue weighted by Gasteiger charge is 2.24. The smallest absolute Gasteiger partial charge is 0.0984 e. The Morgan fingerprint density at radius 3 is 2.22 bits per heavy atom. The van der Waals surface area contributed by atoms with E-state index in [1.54, 1.807) is 0 Å². The normalized spacial score (nSPS) is 30.3. The molecule has 1 aliphatic rings. The van der Waals surface area contributed by atoms with Crippen LogP contribution in [0.15, 0.2) is 0 Å². The highest BCUT2D eigenvalue weighted by atomic mass is 79.9. The van der Waals surface area contributed by atoms with Crippen LogP contribution in [0.1, 0.15) is 6.92 Å². The highest BCUT2D eigenvalue weighted by Crippen LogP contribution is 2.14. The molecule has 6 heteroatoms. The van der Waals surface area contributed by atoms with Crippen LogP contribution in [0.5, 0.6) is 0 Å². The van der Waals surface area contributed by atoms with Crippen molar-refractivity contribution in [3.8, 4) is 0 Å². The van der Waals surface area contributed by atoms with Crippen molar-refractivity contribution in [2.75, 3.05) is 64.7 Å². The maximum absolute atomic E-state index is 5.80. The van der Waals surface area contributed by atoms with Gasteiger partial charge < -0.3 is 24.3 Å². The van der Waals surface area contributed by atoms with Gasteiger partial charge >= 0.3 is 0 Å². The molecule has 1 unspecified atom stereocenters. The minimum atomic E-state index is -0.304. The maximum Gasteiger partial charge on any atom is 0.0984 e. The molecule has 1 aliphatic heterocycles. The third kappa shape index (κ3) is 7.66. The predicted octanol–water partition coefficient (Wildman–Crippen LogP) is 0.810. The second-order valence-electron chi connectivity index (χ2n) is 4.46. The Morgan fingerprint density at radius 2 is 1.56 bits per heavy atom. The van der Waals surface area contributed by atoms with Gasteiger partial charge in [-0.15, -0.1) is 0 Å². The molecular weight excluding hydrogens is 302 g/mol. The topological polar surface area (TPSA) is 49.0 Å². The summed E-state index contributed by atoms with van der Waals surface area (Å²) in [6.45, 7) is 8.10. The lowest BCUT2D eigenvalue weighted by Crippen LogP contribution is -2.38. The third-order valence-corrected chi connectivity index (χ3v) is 3.77. The summed E-state index contributed by atoms with van der Waals surface area (Å²) >= 11 is 3.46. The zero-order chi connectivity index (χ0) is 13.1. The van der Waals surface area contributed by atoms with Crippen LogP contribution in [0, 0.1) is 0 Å². The minimum absolute atomic E-state index is 0.304. The van der Waals surface area contributed by atoms with Gasteiger partial charge in [-0.25, -0.2) is 0 Å². The molecule has 1 saturated heterocycles. The Hall–Kier alpha value is 0.280. The zero-order valence-electron chi connectivity index (χ0n) is 11.1. The van der Waals surface area contributed by atoms with Crippen molar-refractivity contribution in [2.24, 2.45) is 0 Å². The van der Waals surface area contributed by atoms with Gasteiger partial charge in [0.05, 0.1) is 51.8 Å². The van der Waals surface area contributed by atoms with E-state index in [1.165, 1.54) is 0 Å². The summed E-state index contributed by atoms with van der Waals surface area (Å²) in [5, 5.41) is 3.98. The van der Waals surface area contributed by atoms with Crippen molar-refractivity contribution in [2.45, 2.75) is 12.5 Å². The van der Waals surface area contributed by atoms with Crippen molar-refractivity contribution in [1.29, 1.82) is 0 Å². The van der Waals surface area contributed by atoms with Crippen molar-refractivity contribution in [1.82, 2.24) is 5.32 Å². The van der Waals surface area contributed by atoms with Gasteiger partial charge in [-0.05, 0) is 6.92 Å². The van der Waals surface area contributed by atoms with E-state index in [0.29, 0.717) is 46.2 Å². The highest BCUT2D eigenvalue weighted by molar-refractivity contribution is 9.09. The molecule has 0 amide bonds. The molecule has 0 bridgehead atoms. The molecule has 1 N–H and O–H groups in total. The standard InChI is InChI=1S/C12H24BrNO4/c1-12(10-13)11-17-7-6-15-4-2-14-3-5-16-8-9-18-12/h14H,2-11H2,1H3. The van der Waals surface area contributed by atoms with E-state index in [4.69, 9.17) is 18.9 Å². The molecule has 1 fully saturated rings. The molecule has 1 rings (SSSR count). The Balaban J connectivity index is 2.29. The number of alkyl halides is 1.